The fourth-order valence-electron chi connectivity index (χ4n) is 1.33. The normalized spacial score (nSPS) is 9.11. The molecule has 0 aliphatic heterocycles. The number of hydrogen-bond donors (Lipinski definition) is 1. The molecule has 1 N–H and O–H groups in total. The van der Waals surface area contributed by atoms with E-state index >= 15 is 0 Å². The van der Waals surface area contributed by atoms with E-state index in [1.54, 1.807) is 12.1 Å². The van der Waals surface area contributed by atoms with Crippen LogP contribution in [0.1, 0.15) is 28.1 Å². The lowest BCUT2D eigenvalue weighted by atomic mass is 10.1. The second-order valence-corrected chi connectivity index (χ2v) is 3.22. The van der Waals surface area contributed by atoms with Gasteiger partial charge in [-0.2, -0.15) is 10.5 Å². The first kappa shape index (κ1) is 13.3. The molecule has 1 heterocycles. The summed E-state index contributed by atoms with van der Waals surface area (Å²) in [4.78, 5) is 22.7. The van der Waals surface area contributed by atoms with Gasteiger partial charge in [0.25, 0.3) is 0 Å². The largest absolute Gasteiger partial charge is 0.465 e. The Morgan fingerprint density at radius 1 is 1.44 bits per heavy atom. The number of esters is 1. The number of nitrogens with one attached hydrogen (secondary N) is 1. The number of aryl methyl sites for hydroxylation is 1. The van der Waals surface area contributed by atoms with Gasteiger partial charge >= 0.3 is 5.97 Å². The molecule has 1 aromatic rings. The van der Waals surface area contributed by atoms with Gasteiger partial charge in [0.05, 0.1) is 13.2 Å². The Kier molecular flexibility index (Phi) is 4.06. The van der Waals surface area contributed by atoms with Gasteiger partial charge in [0.15, 0.2) is 0 Å². The zero-order valence-electron chi connectivity index (χ0n) is 9.73. The maximum Gasteiger partial charge on any atom is 0.342 e. The Hall–Kier alpha value is -2.80. The van der Waals surface area contributed by atoms with Gasteiger partial charge in [0.2, 0.25) is 11.8 Å². The van der Waals surface area contributed by atoms with Gasteiger partial charge in [-0.25, -0.2) is 4.79 Å². The second kappa shape index (κ2) is 5.51. The zero-order valence-corrected chi connectivity index (χ0v) is 9.73. The molecule has 0 spiro atoms. The molecule has 18 heavy (non-hydrogen) atoms. The predicted molar refractivity (Wildman–Crippen MR) is 58.4 cm³/mol. The van der Waals surface area contributed by atoms with E-state index in [1.807, 2.05) is 0 Å². The number of anilines is 1. The summed E-state index contributed by atoms with van der Waals surface area (Å²) in [5, 5.41) is 19.6. The molecular formula is C11H9N3O4. The van der Waals surface area contributed by atoms with Crippen molar-refractivity contribution in [3.8, 4) is 12.1 Å². The number of hydrogen-bond acceptors (Lipinski definition) is 6. The molecule has 1 aromatic heterocycles. The molecule has 0 atom stereocenters. The maximum absolute atomic E-state index is 11.4. The van der Waals surface area contributed by atoms with Crippen molar-refractivity contribution in [2.24, 2.45) is 0 Å². The maximum atomic E-state index is 11.4. The molecule has 0 saturated carbocycles. The average molecular weight is 247 g/mol. The standard InChI is InChI=1S/C11H9N3O4/c1-6-9(11(16)17-2)7(5-13)10(18-6)14-8(15)3-4-12/h3H2,1-2H3,(H,14,15). The quantitative estimate of drug-likeness (QED) is 0.799. The van der Waals surface area contributed by atoms with E-state index < -0.39 is 11.9 Å². The highest BCUT2D eigenvalue weighted by molar-refractivity contribution is 5.98. The molecule has 0 aromatic carbocycles. The topological polar surface area (TPSA) is 116 Å². The van der Waals surface area contributed by atoms with E-state index in [9.17, 15) is 9.59 Å². The molecule has 0 aliphatic carbocycles. The third-order valence-electron chi connectivity index (χ3n) is 2.08. The number of furan rings is 1. The Morgan fingerprint density at radius 2 is 2.11 bits per heavy atom. The minimum Gasteiger partial charge on any atom is -0.465 e. The van der Waals surface area contributed by atoms with Crippen molar-refractivity contribution in [1.29, 1.82) is 10.5 Å². The first-order valence-corrected chi connectivity index (χ1v) is 4.83. The van der Waals surface area contributed by atoms with E-state index in [2.05, 4.69) is 10.1 Å². The number of nitrogens with zero attached hydrogens (tertiary/aromatic N) is 2. The molecule has 1 amide bonds. The fraction of sp³-hybridized carbons (Fsp3) is 0.273. The first-order valence-electron chi connectivity index (χ1n) is 4.83. The molecular weight excluding hydrogens is 238 g/mol. The van der Waals surface area contributed by atoms with Crippen LogP contribution in [0, 0.1) is 29.6 Å². The second-order valence-electron chi connectivity index (χ2n) is 3.22. The number of carbonyl (C=O) groups is 2. The zero-order chi connectivity index (χ0) is 13.7. The summed E-state index contributed by atoms with van der Waals surface area (Å²) >= 11 is 0. The molecule has 0 bridgehead atoms. The lowest BCUT2D eigenvalue weighted by Gasteiger charge is -1.98. The van der Waals surface area contributed by atoms with Crippen LogP contribution in [-0.2, 0) is 9.53 Å². The SMILES string of the molecule is COC(=O)c1c(C)oc(NC(=O)CC#N)c1C#N. The van der Waals surface area contributed by atoms with Crippen LogP contribution in [0.3, 0.4) is 0 Å². The molecule has 7 heteroatoms. The van der Waals surface area contributed by atoms with Crippen LogP contribution in [0.25, 0.3) is 0 Å². The van der Waals surface area contributed by atoms with Crippen LogP contribution in [0.15, 0.2) is 4.42 Å². The van der Waals surface area contributed by atoms with E-state index in [-0.39, 0.29) is 29.2 Å². The lowest BCUT2D eigenvalue weighted by Crippen LogP contribution is -2.11. The van der Waals surface area contributed by atoms with Crippen molar-refractivity contribution < 1.29 is 18.7 Å². The summed E-state index contributed by atoms with van der Waals surface area (Å²) in [6.07, 6.45) is -0.377. The van der Waals surface area contributed by atoms with Crippen LogP contribution in [0.2, 0.25) is 0 Å². The minimum absolute atomic E-state index is 0.0349. The Balaban J connectivity index is 3.17. The minimum atomic E-state index is -0.728. The van der Waals surface area contributed by atoms with Gasteiger partial charge in [-0.15, -0.1) is 0 Å². The molecule has 1 rings (SSSR count). The Labute approximate surface area is 103 Å². The van der Waals surface area contributed by atoms with Crippen molar-refractivity contribution in [3.63, 3.8) is 0 Å². The van der Waals surface area contributed by atoms with Crippen LogP contribution >= 0.6 is 0 Å². The Morgan fingerprint density at radius 3 is 2.61 bits per heavy atom. The molecule has 92 valence electrons. The monoisotopic (exact) mass is 247 g/mol. The van der Waals surface area contributed by atoms with Crippen LogP contribution < -0.4 is 5.32 Å². The molecule has 0 aliphatic rings. The van der Waals surface area contributed by atoms with Gasteiger partial charge < -0.3 is 9.15 Å². The third kappa shape index (κ3) is 2.47. The Bertz CT molecular complexity index is 574. The number of methoxy groups -OCH3 is 1. The van der Waals surface area contributed by atoms with Gasteiger partial charge in [-0.1, -0.05) is 0 Å². The van der Waals surface area contributed by atoms with Crippen LogP contribution in [0.5, 0.6) is 0 Å². The van der Waals surface area contributed by atoms with Crippen molar-refractivity contribution >= 4 is 17.8 Å². The van der Waals surface area contributed by atoms with Crippen molar-refractivity contribution in [1.82, 2.24) is 0 Å². The van der Waals surface area contributed by atoms with Crippen LogP contribution in [-0.4, -0.2) is 19.0 Å². The summed E-state index contributed by atoms with van der Waals surface area (Å²) in [5.41, 5.74) is -0.155. The molecule has 0 fully saturated rings. The van der Waals surface area contributed by atoms with Gasteiger partial charge in [-0.3, -0.25) is 10.1 Å². The molecule has 0 unspecified atom stereocenters. The van der Waals surface area contributed by atoms with E-state index in [0.717, 1.165) is 0 Å². The summed E-state index contributed by atoms with van der Waals surface area (Å²) in [5.74, 6) is -1.35. The summed E-state index contributed by atoms with van der Waals surface area (Å²) in [6.45, 7) is 1.47. The number of rotatable bonds is 3. The van der Waals surface area contributed by atoms with Crippen molar-refractivity contribution in [2.75, 3.05) is 12.4 Å². The number of amides is 1. The highest BCUT2D eigenvalue weighted by atomic mass is 16.5. The summed E-state index contributed by atoms with van der Waals surface area (Å²) < 4.78 is 9.62. The predicted octanol–water partition coefficient (Wildman–Crippen LogP) is 1.10. The van der Waals surface area contributed by atoms with Gasteiger partial charge in [0, 0.05) is 0 Å². The van der Waals surface area contributed by atoms with E-state index in [1.165, 1.54) is 14.0 Å². The number of ether oxygens (including phenoxy) is 1. The van der Waals surface area contributed by atoms with E-state index in [0.29, 0.717) is 0 Å². The molecule has 7 nitrogen and oxygen atoms in total. The third-order valence-corrected chi connectivity index (χ3v) is 2.08. The van der Waals surface area contributed by atoms with Gasteiger partial charge in [0.1, 0.15) is 29.4 Å². The highest BCUT2D eigenvalue weighted by Gasteiger charge is 2.25. The summed E-state index contributed by atoms with van der Waals surface area (Å²) in [7, 11) is 1.17. The summed E-state index contributed by atoms with van der Waals surface area (Å²) in [6, 6.07) is 3.41. The lowest BCUT2D eigenvalue weighted by molar-refractivity contribution is -0.115. The smallest absolute Gasteiger partial charge is 0.342 e. The highest BCUT2D eigenvalue weighted by Crippen LogP contribution is 2.26. The van der Waals surface area contributed by atoms with Gasteiger partial charge in [-0.05, 0) is 6.92 Å². The number of nitriles is 2. The van der Waals surface area contributed by atoms with E-state index in [4.69, 9.17) is 14.9 Å². The fourth-order valence-corrected chi connectivity index (χ4v) is 1.33. The van der Waals surface area contributed by atoms with Crippen molar-refractivity contribution in [2.45, 2.75) is 13.3 Å². The molecule has 0 radical (unpaired) electrons. The van der Waals surface area contributed by atoms with Crippen LogP contribution in [0.4, 0.5) is 5.88 Å². The average Bonchev–Trinajstić information content (AvgIpc) is 2.64. The first-order chi connectivity index (χ1) is 8.54. The number of carbonyl (C=O) groups excluding carboxylic acids is 2. The van der Waals surface area contributed by atoms with Crippen molar-refractivity contribution in [3.05, 3.63) is 16.9 Å². The molecule has 0 saturated heterocycles.